The lowest BCUT2D eigenvalue weighted by atomic mass is 9.88. The average molecular weight is 373 g/mol. The van der Waals surface area contributed by atoms with E-state index < -0.39 is 11.9 Å². The summed E-state index contributed by atoms with van der Waals surface area (Å²) in [5.74, 6) is -1.26. The van der Waals surface area contributed by atoms with E-state index in [1.54, 1.807) is 24.3 Å². The molecule has 146 valence electrons. The van der Waals surface area contributed by atoms with Gasteiger partial charge in [0, 0.05) is 30.4 Å². The maximum absolute atomic E-state index is 12.5. The molecule has 1 aliphatic carbocycles. The van der Waals surface area contributed by atoms with Gasteiger partial charge in [0.25, 0.3) is 0 Å². The molecule has 1 saturated carbocycles. The number of nitrogens with one attached hydrogen (secondary N) is 2. The fourth-order valence-electron chi connectivity index (χ4n) is 3.85. The van der Waals surface area contributed by atoms with Crippen LogP contribution in [-0.2, 0) is 9.59 Å². The maximum Gasteiger partial charge on any atom is 0.321 e. The zero-order valence-electron chi connectivity index (χ0n) is 15.4. The van der Waals surface area contributed by atoms with E-state index >= 15 is 0 Å². The van der Waals surface area contributed by atoms with Gasteiger partial charge in [0.15, 0.2) is 0 Å². The molecule has 1 saturated heterocycles. The lowest BCUT2D eigenvalue weighted by molar-refractivity contribution is -0.143. The smallest absolute Gasteiger partial charge is 0.321 e. The average Bonchev–Trinajstić information content (AvgIpc) is 2.69. The highest BCUT2D eigenvalue weighted by Gasteiger charge is 2.28. The van der Waals surface area contributed by atoms with Crippen LogP contribution in [0.2, 0.25) is 0 Å². The number of urea groups is 1. The van der Waals surface area contributed by atoms with Crippen LogP contribution in [0.3, 0.4) is 0 Å². The summed E-state index contributed by atoms with van der Waals surface area (Å²) >= 11 is 0. The second kappa shape index (κ2) is 8.88. The zero-order valence-corrected chi connectivity index (χ0v) is 15.4. The Hall–Kier alpha value is -2.57. The van der Waals surface area contributed by atoms with Gasteiger partial charge in [0.05, 0.1) is 5.92 Å². The van der Waals surface area contributed by atoms with E-state index in [9.17, 15) is 14.4 Å². The van der Waals surface area contributed by atoms with E-state index in [-0.39, 0.29) is 24.4 Å². The summed E-state index contributed by atoms with van der Waals surface area (Å²) in [7, 11) is 0. The minimum atomic E-state index is -0.861. The number of hydrogen-bond acceptors (Lipinski definition) is 3. The summed E-state index contributed by atoms with van der Waals surface area (Å²) < 4.78 is 0. The van der Waals surface area contributed by atoms with Crippen LogP contribution in [0.15, 0.2) is 24.3 Å². The first-order valence-electron chi connectivity index (χ1n) is 9.72. The van der Waals surface area contributed by atoms with Crippen LogP contribution in [0.4, 0.5) is 16.2 Å². The number of aliphatic carboxylic acids is 1. The van der Waals surface area contributed by atoms with Gasteiger partial charge in [-0.05, 0) is 43.9 Å². The number of nitrogens with zero attached hydrogens (tertiary/aromatic N) is 1. The van der Waals surface area contributed by atoms with Crippen molar-refractivity contribution < 1.29 is 19.5 Å². The van der Waals surface area contributed by atoms with Gasteiger partial charge in [0.2, 0.25) is 5.91 Å². The Labute approximate surface area is 159 Å². The van der Waals surface area contributed by atoms with Crippen LogP contribution in [0.25, 0.3) is 0 Å². The predicted octanol–water partition coefficient (Wildman–Crippen LogP) is 3.53. The fraction of sp³-hybridized carbons (Fsp3) is 0.550. The van der Waals surface area contributed by atoms with Crippen molar-refractivity contribution >= 4 is 29.3 Å². The molecule has 0 radical (unpaired) electrons. The highest BCUT2D eigenvalue weighted by Crippen LogP contribution is 2.26. The van der Waals surface area contributed by atoms with Crippen LogP contribution in [0.1, 0.15) is 44.9 Å². The summed E-state index contributed by atoms with van der Waals surface area (Å²) in [5.41, 5.74) is 1.24. The number of carbonyl (C=O) groups is 3. The number of carboxylic acid groups (broad SMARTS) is 1. The van der Waals surface area contributed by atoms with Crippen LogP contribution in [0.5, 0.6) is 0 Å². The van der Waals surface area contributed by atoms with E-state index in [1.165, 1.54) is 11.3 Å². The van der Waals surface area contributed by atoms with E-state index in [2.05, 4.69) is 10.6 Å². The molecular weight excluding hydrogens is 346 g/mol. The molecule has 1 aromatic carbocycles. The van der Waals surface area contributed by atoms with Crippen LogP contribution in [-0.4, -0.2) is 41.0 Å². The third kappa shape index (κ3) is 5.21. The second-order valence-electron chi connectivity index (χ2n) is 7.46. The largest absolute Gasteiger partial charge is 0.481 e. The first kappa shape index (κ1) is 19.2. The quantitative estimate of drug-likeness (QED) is 0.752. The topological polar surface area (TPSA) is 98.7 Å². The van der Waals surface area contributed by atoms with Crippen LogP contribution in [0, 0.1) is 11.8 Å². The molecule has 0 aromatic heterocycles. The Balaban J connectivity index is 1.57. The third-order valence-electron chi connectivity index (χ3n) is 5.42. The molecule has 1 aliphatic heterocycles. The number of amides is 3. The summed E-state index contributed by atoms with van der Waals surface area (Å²) in [4.78, 5) is 37.5. The molecule has 1 unspecified atom stereocenters. The van der Waals surface area contributed by atoms with Crippen molar-refractivity contribution in [3.8, 4) is 0 Å². The number of hydrogen-bond donors (Lipinski definition) is 3. The molecule has 3 rings (SSSR count). The van der Waals surface area contributed by atoms with E-state index in [0.717, 1.165) is 25.7 Å². The molecule has 7 heteroatoms. The summed E-state index contributed by atoms with van der Waals surface area (Å²) in [6, 6.07) is 6.76. The minimum Gasteiger partial charge on any atom is -0.481 e. The fourth-order valence-corrected chi connectivity index (χ4v) is 3.85. The Morgan fingerprint density at radius 2 is 1.59 bits per heavy atom. The molecule has 2 fully saturated rings. The first-order valence-corrected chi connectivity index (χ1v) is 9.72. The number of rotatable bonds is 4. The van der Waals surface area contributed by atoms with Gasteiger partial charge in [-0.15, -0.1) is 0 Å². The summed E-state index contributed by atoms with van der Waals surface area (Å²) in [6.07, 6.45) is 6.54. The monoisotopic (exact) mass is 373 g/mol. The molecule has 1 aromatic rings. The molecule has 0 spiro atoms. The molecule has 1 heterocycles. The first-order chi connectivity index (χ1) is 13.0. The number of benzene rings is 1. The van der Waals surface area contributed by atoms with Gasteiger partial charge < -0.3 is 20.6 Å². The molecular formula is C20H27N3O4. The van der Waals surface area contributed by atoms with E-state index in [4.69, 9.17) is 5.11 Å². The molecule has 27 heavy (non-hydrogen) atoms. The summed E-state index contributed by atoms with van der Waals surface area (Å²) in [6.45, 7) is 0.771. The maximum atomic E-state index is 12.5. The van der Waals surface area contributed by atoms with Gasteiger partial charge in [-0.2, -0.15) is 0 Å². The SMILES string of the molecule is O=C(O)C1CCCN(C(=O)Nc2cccc(NC(=O)C3CCCCC3)c2)C1. The van der Waals surface area contributed by atoms with Crippen molar-refractivity contribution in [3.63, 3.8) is 0 Å². The van der Waals surface area contributed by atoms with Gasteiger partial charge in [0.1, 0.15) is 0 Å². The Morgan fingerprint density at radius 1 is 0.926 bits per heavy atom. The predicted molar refractivity (Wildman–Crippen MR) is 103 cm³/mol. The van der Waals surface area contributed by atoms with Gasteiger partial charge in [-0.25, -0.2) is 4.79 Å². The molecule has 7 nitrogen and oxygen atoms in total. The highest BCUT2D eigenvalue weighted by molar-refractivity contribution is 5.94. The highest BCUT2D eigenvalue weighted by atomic mass is 16.4. The van der Waals surface area contributed by atoms with E-state index in [0.29, 0.717) is 30.8 Å². The Morgan fingerprint density at radius 3 is 2.30 bits per heavy atom. The second-order valence-corrected chi connectivity index (χ2v) is 7.46. The number of anilines is 2. The van der Waals surface area contributed by atoms with Crippen molar-refractivity contribution in [3.05, 3.63) is 24.3 Å². The van der Waals surface area contributed by atoms with Gasteiger partial charge in [-0.3, -0.25) is 9.59 Å². The summed E-state index contributed by atoms with van der Waals surface area (Å²) in [5, 5.41) is 14.9. The number of likely N-dealkylation sites (tertiary alicyclic amines) is 1. The zero-order chi connectivity index (χ0) is 19.2. The Bertz CT molecular complexity index is 700. The number of carbonyl (C=O) groups excluding carboxylic acids is 2. The van der Waals surface area contributed by atoms with Crippen molar-refractivity contribution in [1.29, 1.82) is 0 Å². The van der Waals surface area contributed by atoms with Crippen LogP contribution < -0.4 is 10.6 Å². The molecule has 1 atom stereocenters. The van der Waals surface area contributed by atoms with Crippen molar-refractivity contribution in [2.24, 2.45) is 11.8 Å². The van der Waals surface area contributed by atoms with Crippen LogP contribution >= 0.6 is 0 Å². The van der Waals surface area contributed by atoms with E-state index in [1.807, 2.05) is 0 Å². The van der Waals surface area contributed by atoms with Gasteiger partial charge >= 0.3 is 12.0 Å². The lowest BCUT2D eigenvalue weighted by Crippen LogP contribution is -2.44. The standard InChI is InChI=1S/C20H27N3O4/c24-18(14-6-2-1-3-7-14)21-16-9-4-10-17(12-16)22-20(27)23-11-5-8-15(13-23)19(25)26/h4,9-10,12,14-15H,1-3,5-8,11,13H2,(H,21,24)(H,22,27)(H,25,26). The third-order valence-corrected chi connectivity index (χ3v) is 5.42. The minimum absolute atomic E-state index is 0.0403. The van der Waals surface area contributed by atoms with Crippen molar-refractivity contribution in [1.82, 2.24) is 4.90 Å². The van der Waals surface area contributed by atoms with Crippen molar-refractivity contribution in [2.45, 2.75) is 44.9 Å². The lowest BCUT2D eigenvalue weighted by Gasteiger charge is -2.30. The molecule has 2 aliphatic rings. The number of piperidine rings is 1. The molecule has 3 N–H and O–H groups in total. The molecule has 3 amide bonds. The van der Waals surface area contributed by atoms with Gasteiger partial charge in [-0.1, -0.05) is 25.3 Å². The van der Waals surface area contributed by atoms with Crippen molar-refractivity contribution in [2.75, 3.05) is 23.7 Å². The Kier molecular flexibility index (Phi) is 6.32. The number of carboxylic acids is 1. The normalized spacial score (nSPS) is 20.7. The molecule has 0 bridgehead atoms.